The van der Waals surface area contributed by atoms with Gasteiger partial charge < -0.3 is 14.8 Å². The Balaban J connectivity index is 1.37. The number of nitrogens with zero attached hydrogens (tertiary/aromatic N) is 4. The molecule has 1 saturated heterocycles. The van der Waals surface area contributed by atoms with E-state index >= 15 is 0 Å². The molecule has 2 aliphatic rings. The Morgan fingerprint density at radius 1 is 1.14 bits per heavy atom. The average Bonchev–Trinajstić information content (AvgIpc) is 3.35. The van der Waals surface area contributed by atoms with E-state index in [0.717, 1.165) is 49.7 Å². The average molecular weight is 380 g/mol. The molecular formula is C23H33N5. The summed E-state index contributed by atoms with van der Waals surface area (Å²) >= 11 is 0. The summed E-state index contributed by atoms with van der Waals surface area (Å²) in [5, 5.41) is 3.52. The molecule has 28 heavy (non-hydrogen) atoms. The van der Waals surface area contributed by atoms with Gasteiger partial charge in [0.2, 0.25) is 0 Å². The molecule has 2 fully saturated rings. The summed E-state index contributed by atoms with van der Waals surface area (Å²) < 4.78 is 2.24. The number of likely N-dealkylation sites (tertiary alicyclic amines) is 1. The third-order valence-electron chi connectivity index (χ3n) is 6.21. The van der Waals surface area contributed by atoms with Crippen molar-refractivity contribution in [2.75, 3.05) is 26.2 Å². The van der Waals surface area contributed by atoms with Crippen LogP contribution in [0.25, 0.3) is 0 Å². The molecule has 0 bridgehead atoms. The van der Waals surface area contributed by atoms with E-state index < -0.39 is 0 Å². The van der Waals surface area contributed by atoms with E-state index in [1.165, 1.54) is 44.3 Å². The Hall–Kier alpha value is -2.30. The van der Waals surface area contributed by atoms with Crippen LogP contribution in [0.5, 0.6) is 0 Å². The maximum Gasteiger partial charge on any atom is 0.193 e. The topological polar surface area (TPSA) is 45.5 Å². The van der Waals surface area contributed by atoms with Crippen LogP contribution in [0.3, 0.4) is 0 Å². The highest BCUT2D eigenvalue weighted by molar-refractivity contribution is 5.80. The first-order chi connectivity index (χ1) is 13.8. The van der Waals surface area contributed by atoms with Gasteiger partial charge in [-0.1, -0.05) is 43.2 Å². The minimum absolute atomic E-state index is 0.778. The summed E-state index contributed by atoms with van der Waals surface area (Å²) in [6, 6.07) is 10.6. The first kappa shape index (κ1) is 19.0. The van der Waals surface area contributed by atoms with Crippen LogP contribution in [0.4, 0.5) is 0 Å². The quantitative estimate of drug-likeness (QED) is 0.617. The van der Waals surface area contributed by atoms with Gasteiger partial charge >= 0.3 is 0 Å². The van der Waals surface area contributed by atoms with Crippen molar-refractivity contribution in [3.8, 4) is 0 Å². The van der Waals surface area contributed by atoms with Crippen LogP contribution in [-0.2, 0) is 13.0 Å². The number of hydrogen-bond acceptors (Lipinski definition) is 2. The number of nitrogens with one attached hydrogen (secondary N) is 1. The Kier molecular flexibility index (Phi) is 6.30. The maximum absolute atomic E-state index is 4.95. The second kappa shape index (κ2) is 9.26. The van der Waals surface area contributed by atoms with Crippen LogP contribution in [0.15, 0.2) is 47.7 Å². The molecule has 0 amide bonds. The molecule has 2 atom stereocenters. The van der Waals surface area contributed by atoms with E-state index in [2.05, 4.69) is 63.2 Å². The summed E-state index contributed by atoms with van der Waals surface area (Å²) in [6.45, 7) is 7.09. The minimum Gasteiger partial charge on any atom is -0.357 e. The Morgan fingerprint density at radius 2 is 1.89 bits per heavy atom. The van der Waals surface area contributed by atoms with E-state index in [1.807, 2.05) is 6.20 Å². The van der Waals surface area contributed by atoms with Crippen LogP contribution in [0.1, 0.15) is 44.0 Å². The van der Waals surface area contributed by atoms with E-state index in [-0.39, 0.29) is 0 Å². The van der Waals surface area contributed by atoms with Crippen molar-refractivity contribution in [2.24, 2.45) is 16.8 Å². The van der Waals surface area contributed by atoms with Gasteiger partial charge in [-0.05, 0) is 37.2 Å². The molecule has 5 nitrogen and oxygen atoms in total. The van der Waals surface area contributed by atoms with Crippen molar-refractivity contribution in [3.05, 3.63) is 54.1 Å². The van der Waals surface area contributed by atoms with Crippen LogP contribution in [-0.4, -0.2) is 46.6 Å². The van der Waals surface area contributed by atoms with E-state index in [9.17, 15) is 0 Å². The standard InChI is InChI=1S/C23H33N5/c1-2-24-23(28-17-20-10-6-7-11-21(20)18-28)26-13-12-22-25-14-15-27(22)16-19-8-4-3-5-9-19/h3-5,8-9,14-15,20-21H,2,6-7,10-13,16-18H2,1H3,(H,24,26). The molecule has 1 aliphatic heterocycles. The molecule has 150 valence electrons. The van der Waals surface area contributed by atoms with Crippen molar-refractivity contribution in [3.63, 3.8) is 0 Å². The van der Waals surface area contributed by atoms with E-state index in [4.69, 9.17) is 4.99 Å². The maximum atomic E-state index is 4.95. The molecule has 1 aromatic carbocycles. The Bertz CT molecular complexity index is 752. The second-order valence-electron chi connectivity index (χ2n) is 8.15. The molecule has 2 unspecified atom stereocenters. The van der Waals surface area contributed by atoms with Crippen molar-refractivity contribution >= 4 is 5.96 Å². The Morgan fingerprint density at radius 3 is 2.61 bits per heavy atom. The first-order valence-electron chi connectivity index (χ1n) is 10.9. The molecule has 1 N–H and O–H groups in total. The summed E-state index contributed by atoms with van der Waals surface area (Å²) in [4.78, 5) is 12.0. The molecule has 4 rings (SSSR count). The largest absolute Gasteiger partial charge is 0.357 e. The molecular weight excluding hydrogens is 346 g/mol. The van der Waals surface area contributed by atoms with Gasteiger partial charge in [0.05, 0.1) is 0 Å². The summed E-state index contributed by atoms with van der Waals surface area (Å²) in [5.74, 6) is 3.96. The van der Waals surface area contributed by atoms with Crippen LogP contribution >= 0.6 is 0 Å². The van der Waals surface area contributed by atoms with Gasteiger partial charge in [-0.15, -0.1) is 0 Å². The monoisotopic (exact) mass is 379 g/mol. The second-order valence-corrected chi connectivity index (χ2v) is 8.15. The fourth-order valence-corrected chi connectivity index (χ4v) is 4.76. The zero-order chi connectivity index (χ0) is 19.2. The van der Waals surface area contributed by atoms with Crippen molar-refractivity contribution in [1.82, 2.24) is 19.8 Å². The van der Waals surface area contributed by atoms with Crippen molar-refractivity contribution < 1.29 is 0 Å². The fraction of sp³-hybridized carbons (Fsp3) is 0.565. The Labute approximate surface area is 168 Å². The first-order valence-corrected chi connectivity index (χ1v) is 10.9. The summed E-state index contributed by atoms with van der Waals surface area (Å²) in [7, 11) is 0. The molecule has 5 heteroatoms. The molecule has 0 spiro atoms. The molecule has 1 aliphatic carbocycles. The number of imidazole rings is 1. The van der Waals surface area contributed by atoms with Gasteiger partial charge in [0.15, 0.2) is 5.96 Å². The fourth-order valence-electron chi connectivity index (χ4n) is 4.76. The van der Waals surface area contributed by atoms with E-state index in [1.54, 1.807) is 0 Å². The summed E-state index contributed by atoms with van der Waals surface area (Å²) in [5.41, 5.74) is 1.30. The number of aliphatic imine (C=N–C) groups is 1. The third kappa shape index (κ3) is 4.57. The zero-order valence-electron chi connectivity index (χ0n) is 17.1. The van der Waals surface area contributed by atoms with Gasteiger partial charge in [-0.25, -0.2) is 4.98 Å². The highest BCUT2D eigenvalue weighted by Crippen LogP contribution is 2.35. The lowest BCUT2D eigenvalue weighted by atomic mass is 9.82. The number of hydrogen-bond donors (Lipinski definition) is 1. The predicted molar refractivity (Wildman–Crippen MR) is 114 cm³/mol. The third-order valence-corrected chi connectivity index (χ3v) is 6.21. The lowest BCUT2D eigenvalue weighted by molar-refractivity contribution is 0.299. The number of guanidine groups is 1. The predicted octanol–water partition coefficient (Wildman–Crippen LogP) is 3.56. The number of aromatic nitrogens is 2. The van der Waals surface area contributed by atoms with Crippen LogP contribution in [0.2, 0.25) is 0 Å². The molecule has 1 aromatic heterocycles. The number of rotatable bonds is 6. The van der Waals surface area contributed by atoms with E-state index in [0.29, 0.717) is 0 Å². The zero-order valence-corrected chi connectivity index (χ0v) is 17.1. The molecule has 0 radical (unpaired) electrons. The van der Waals surface area contributed by atoms with Gasteiger partial charge in [0.25, 0.3) is 0 Å². The summed E-state index contributed by atoms with van der Waals surface area (Å²) in [6.07, 6.45) is 10.5. The minimum atomic E-state index is 0.778. The van der Waals surface area contributed by atoms with Crippen LogP contribution < -0.4 is 5.32 Å². The SMILES string of the molecule is CCNC(=NCCc1nccn1Cc1ccccc1)N1CC2CCCCC2C1. The normalized spacial score (nSPS) is 22.3. The molecule has 1 saturated carbocycles. The van der Waals surface area contributed by atoms with Gasteiger partial charge in [-0.2, -0.15) is 0 Å². The lowest BCUT2D eigenvalue weighted by Gasteiger charge is -2.22. The van der Waals surface area contributed by atoms with Crippen LogP contribution in [0, 0.1) is 11.8 Å². The highest BCUT2D eigenvalue weighted by Gasteiger charge is 2.35. The van der Waals surface area contributed by atoms with Crippen molar-refractivity contribution in [2.45, 2.75) is 45.6 Å². The van der Waals surface area contributed by atoms with Crippen molar-refractivity contribution in [1.29, 1.82) is 0 Å². The molecule has 2 heterocycles. The lowest BCUT2D eigenvalue weighted by Crippen LogP contribution is -2.40. The van der Waals surface area contributed by atoms with Gasteiger partial charge in [0.1, 0.15) is 5.82 Å². The van der Waals surface area contributed by atoms with Gasteiger partial charge in [0, 0.05) is 51.5 Å². The van der Waals surface area contributed by atoms with Gasteiger partial charge in [-0.3, -0.25) is 4.99 Å². The molecule has 2 aromatic rings. The number of fused-ring (bicyclic) bond motifs is 1. The number of benzene rings is 1. The highest BCUT2D eigenvalue weighted by atomic mass is 15.3. The smallest absolute Gasteiger partial charge is 0.193 e.